The van der Waals surface area contributed by atoms with Crippen molar-refractivity contribution in [2.45, 2.75) is 51.0 Å². The minimum absolute atomic E-state index is 0.517. The van der Waals surface area contributed by atoms with Crippen molar-refractivity contribution in [3.8, 4) is 5.75 Å². The Hall–Kier alpha value is -1.02. The summed E-state index contributed by atoms with van der Waals surface area (Å²) in [5, 5.41) is 13.5. The van der Waals surface area contributed by atoms with E-state index < -0.39 is 0 Å². The third-order valence-electron chi connectivity index (χ3n) is 4.24. The molecule has 0 radical (unpaired) electrons. The van der Waals surface area contributed by atoms with Gasteiger partial charge in [0.2, 0.25) is 0 Å². The monoisotopic (exact) mass is 231 g/mol. The molecule has 1 aliphatic carbocycles. The van der Waals surface area contributed by atoms with Crippen molar-refractivity contribution in [2.75, 3.05) is 6.54 Å². The Balaban J connectivity index is 1.88. The summed E-state index contributed by atoms with van der Waals surface area (Å²) < 4.78 is 0. The molecular formula is C15H21NO. The fraction of sp³-hybridized carbons (Fsp3) is 0.600. The van der Waals surface area contributed by atoms with Gasteiger partial charge >= 0.3 is 0 Å². The Morgan fingerprint density at radius 3 is 2.71 bits per heavy atom. The number of phenolic OH excluding ortho intramolecular Hbond substituents is 1. The highest BCUT2D eigenvalue weighted by molar-refractivity contribution is 5.46. The van der Waals surface area contributed by atoms with E-state index in [4.69, 9.17) is 0 Å². The average molecular weight is 231 g/mol. The zero-order valence-corrected chi connectivity index (χ0v) is 10.3. The van der Waals surface area contributed by atoms with Gasteiger partial charge in [-0.3, -0.25) is 0 Å². The molecule has 1 saturated heterocycles. The van der Waals surface area contributed by atoms with Crippen LogP contribution in [0.4, 0.5) is 0 Å². The molecule has 1 aliphatic heterocycles. The number of phenols is 1. The summed E-state index contributed by atoms with van der Waals surface area (Å²) >= 11 is 0. The summed E-state index contributed by atoms with van der Waals surface area (Å²) in [6, 6.07) is 4.69. The minimum Gasteiger partial charge on any atom is -0.508 e. The van der Waals surface area contributed by atoms with Crippen molar-refractivity contribution >= 4 is 0 Å². The van der Waals surface area contributed by atoms with Crippen LogP contribution in [0.15, 0.2) is 12.1 Å². The van der Waals surface area contributed by atoms with Gasteiger partial charge in [0.15, 0.2) is 0 Å². The molecule has 1 aromatic carbocycles. The van der Waals surface area contributed by atoms with Gasteiger partial charge in [-0.05, 0) is 74.2 Å². The number of fused-ring (bicyclic) bond motifs is 1. The van der Waals surface area contributed by atoms with Crippen molar-refractivity contribution in [2.24, 2.45) is 0 Å². The quantitative estimate of drug-likeness (QED) is 0.820. The van der Waals surface area contributed by atoms with Gasteiger partial charge < -0.3 is 10.4 Å². The molecule has 1 heterocycles. The first kappa shape index (κ1) is 11.1. The molecule has 3 rings (SSSR count). The first-order valence-corrected chi connectivity index (χ1v) is 6.90. The zero-order valence-electron chi connectivity index (χ0n) is 10.3. The molecule has 2 aliphatic rings. The highest BCUT2D eigenvalue weighted by atomic mass is 16.3. The zero-order chi connectivity index (χ0) is 11.7. The summed E-state index contributed by atoms with van der Waals surface area (Å²) in [5.74, 6) is 0.517. The lowest BCUT2D eigenvalue weighted by atomic mass is 9.85. The average Bonchev–Trinajstić information content (AvgIpc) is 2.86. The third-order valence-corrected chi connectivity index (χ3v) is 4.24. The van der Waals surface area contributed by atoms with Crippen LogP contribution in [0.25, 0.3) is 0 Å². The van der Waals surface area contributed by atoms with E-state index in [9.17, 15) is 5.11 Å². The standard InChI is InChI=1S/C15H21NO/c17-15-8-7-11(10-12-4-3-9-16-12)13-5-1-2-6-14(13)15/h7-8,12,16-17H,1-6,9-10H2. The fourth-order valence-corrected chi connectivity index (χ4v) is 3.31. The van der Waals surface area contributed by atoms with Gasteiger partial charge in [-0.25, -0.2) is 0 Å². The SMILES string of the molecule is Oc1ccc(CC2CCCN2)c2c1CCCC2. The molecule has 1 unspecified atom stereocenters. The van der Waals surface area contributed by atoms with Gasteiger partial charge in [0.05, 0.1) is 0 Å². The Labute approximate surface area is 103 Å². The van der Waals surface area contributed by atoms with Crippen LogP contribution in [0.1, 0.15) is 42.4 Å². The van der Waals surface area contributed by atoms with Crippen molar-refractivity contribution < 1.29 is 5.11 Å². The molecule has 2 heteroatoms. The lowest BCUT2D eigenvalue weighted by Crippen LogP contribution is -2.24. The number of hydrogen-bond donors (Lipinski definition) is 2. The van der Waals surface area contributed by atoms with Crippen molar-refractivity contribution in [1.29, 1.82) is 0 Å². The largest absolute Gasteiger partial charge is 0.508 e. The molecule has 0 saturated carbocycles. The number of rotatable bonds is 2. The second-order valence-electron chi connectivity index (χ2n) is 5.41. The lowest BCUT2D eigenvalue weighted by molar-refractivity contribution is 0.460. The predicted molar refractivity (Wildman–Crippen MR) is 69.5 cm³/mol. The smallest absolute Gasteiger partial charge is 0.119 e. The second-order valence-corrected chi connectivity index (χ2v) is 5.41. The molecular weight excluding hydrogens is 210 g/mol. The number of benzene rings is 1. The van der Waals surface area contributed by atoms with Crippen LogP contribution in [0.2, 0.25) is 0 Å². The van der Waals surface area contributed by atoms with E-state index in [2.05, 4.69) is 11.4 Å². The molecule has 1 fully saturated rings. The molecule has 17 heavy (non-hydrogen) atoms. The molecule has 92 valence electrons. The minimum atomic E-state index is 0.517. The molecule has 1 atom stereocenters. The van der Waals surface area contributed by atoms with Crippen LogP contribution in [-0.2, 0) is 19.3 Å². The number of aromatic hydroxyl groups is 1. The highest BCUT2D eigenvalue weighted by Crippen LogP contribution is 2.32. The van der Waals surface area contributed by atoms with Crippen LogP contribution in [0, 0.1) is 0 Å². The molecule has 0 bridgehead atoms. The summed E-state index contributed by atoms with van der Waals surface area (Å²) in [6.45, 7) is 1.17. The lowest BCUT2D eigenvalue weighted by Gasteiger charge is -2.22. The topological polar surface area (TPSA) is 32.3 Å². The van der Waals surface area contributed by atoms with Crippen LogP contribution in [0.5, 0.6) is 5.75 Å². The molecule has 2 N–H and O–H groups in total. The summed E-state index contributed by atoms with van der Waals surface area (Å²) in [6.07, 6.45) is 8.48. The van der Waals surface area contributed by atoms with E-state index in [0.717, 1.165) is 19.3 Å². The number of nitrogens with one attached hydrogen (secondary N) is 1. The maximum absolute atomic E-state index is 9.93. The van der Waals surface area contributed by atoms with Gasteiger partial charge in [0, 0.05) is 6.04 Å². The first-order valence-electron chi connectivity index (χ1n) is 6.90. The van der Waals surface area contributed by atoms with Crippen molar-refractivity contribution in [3.63, 3.8) is 0 Å². The predicted octanol–water partition coefficient (Wildman–Crippen LogP) is 2.57. The maximum Gasteiger partial charge on any atom is 0.119 e. The summed E-state index contributed by atoms with van der Waals surface area (Å²) in [7, 11) is 0. The Morgan fingerprint density at radius 1 is 1.12 bits per heavy atom. The van der Waals surface area contributed by atoms with Crippen molar-refractivity contribution in [1.82, 2.24) is 5.32 Å². The van der Waals surface area contributed by atoms with E-state index in [1.807, 2.05) is 6.07 Å². The van der Waals surface area contributed by atoms with Crippen LogP contribution < -0.4 is 5.32 Å². The summed E-state index contributed by atoms with van der Waals surface area (Å²) in [4.78, 5) is 0. The Kier molecular flexibility index (Phi) is 3.06. The molecule has 0 spiro atoms. The van der Waals surface area contributed by atoms with Gasteiger partial charge in [-0.15, -0.1) is 0 Å². The van der Waals surface area contributed by atoms with E-state index in [0.29, 0.717) is 11.8 Å². The van der Waals surface area contributed by atoms with Gasteiger partial charge in [-0.1, -0.05) is 6.07 Å². The van der Waals surface area contributed by atoms with Gasteiger partial charge in [0.1, 0.15) is 5.75 Å². The van der Waals surface area contributed by atoms with Gasteiger partial charge in [-0.2, -0.15) is 0 Å². The molecule has 0 aromatic heterocycles. The van der Waals surface area contributed by atoms with E-state index >= 15 is 0 Å². The highest BCUT2D eigenvalue weighted by Gasteiger charge is 2.20. The molecule has 2 nitrogen and oxygen atoms in total. The Morgan fingerprint density at radius 2 is 1.94 bits per heavy atom. The molecule has 0 amide bonds. The third kappa shape index (κ3) is 2.19. The van der Waals surface area contributed by atoms with E-state index in [1.54, 1.807) is 0 Å². The molecule has 1 aromatic rings. The number of hydrogen-bond acceptors (Lipinski definition) is 2. The normalized spacial score (nSPS) is 23.6. The van der Waals surface area contributed by atoms with E-state index in [1.165, 1.54) is 48.9 Å². The maximum atomic E-state index is 9.93. The van der Waals surface area contributed by atoms with Crippen LogP contribution >= 0.6 is 0 Å². The van der Waals surface area contributed by atoms with Gasteiger partial charge in [0.25, 0.3) is 0 Å². The second kappa shape index (κ2) is 4.69. The van der Waals surface area contributed by atoms with Crippen LogP contribution in [-0.4, -0.2) is 17.7 Å². The first-order chi connectivity index (χ1) is 8.34. The Bertz CT molecular complexity index is 408. The fourth-order valence-electron chi connectivity index (χ4n) is 3.31. The van der Waals surface area contributed by atoms with Crippen molar-refractivity contribution in [3.05, 3.63) is 28.8 Å². The van der Waals surface area contributed by atoms with Crippen LogP contribution in [0.3, 0.4) is 0 Å². The van der Waals surface area contributed by atoms with E-state index in [-0.39, 0.29) is 0 Å². The summed E-state index contributed by atoms with van der Waals surface area (Å²) in [5.41, 5.74) is 4.15.